The number of hydrogen-bond donors (Lipinski definition) is 1. The summed E-state index contributed by atoms with van der Waals surface area (Å²) in [6, 6.07) is 0.554. The molecule has 0 aliphatic carbocycles. The van der Waals surface area contributed by atoms with Crippen molar-refractivity contribution < 1.29 is 4.74 Å². The molecule has 1 aliphatic rings. The highest BCUT2D eigenvalue weighted by atomic mass is 16.5. The second kappa shape index (κ2) is 4.44. The first kappa shape index (κ1) is 10.2. The van der Waals surface area contributed by atoms with Crippen molar-refractivity contribution in [3.05, 3.63) is 12.4 Å². The molecule has 2 rings (SSSR count). The number of nitrogens with zero attached hydrogens (tertiary/aromatic N) is 3. The molecular weight excluding hydrogens is 192 g/mol. The Balaban J connectivity index is 2.09. The van der Waals surface area contributed by atoms with Crippen LogP contribution >= 0.6 is 0 Å². The summed E-state index contributed by atoms with van der Waals surface area (Å²) in [7, 11) is 3.60. The van der Waals surface area contributed by atoms with E-state index in [-0.39, 0.29) is 0 Å². The fourth-order valence-corrected chi connectivity index (χ4v) is 1.79. The standard InChI is InChI=1S/C10H16N4O/c1-11-8-3-4-14(7-8)9-5-12-6-10(13-9)15-2/h5-6,8,11H,3-4,7H2,1-2H3. The van der Waals surface area contributed by atoms with Gasteiger partial charge in [-0.25, -0.2) is 0 Å². The average molecular weight is 208 g/mol. The van der Waals surface area contributed by atoms with Gasteiger partial charge in [0.05, 0.1) is 19.5 Å². The number of nitrogens with one attached hydrogen (secondary N) is 1. The van der Waals surface area contributed by atoms with Crippen LogP contribution in [-0.4, -0.2) is 43.3 Å². The van der Waals surface area contributed by atoms with Crippen LogP contribution in [0.25, 0.3) is 0 Å². The van der Waals surface area contributed by atoms with Gasteiger partial charge in [-0.1, -0.05) is 0 Å². The number of anilines is 1. The van der Waals surface area contributed by atoms with E-state index in [9.17, 15) is 0 Å². The quantitative estimate of drug-likeness (QED) is 0.773. The molecule has 15 heavy (non-hydrogen) atoms. The van der Waals surface area contributed by atoms with Crippen molar-refractivity contribution in [2.45, 2.75) is 12.5 Å². The van der Waals surface area contributed by atoms with Gasteiger partial charge < -0.3 is 15.0 Å². The number of likely N-dealkylation sites (N-methyl/N-ethyl adjacent to an activating group) is 1. The zero-order valence-electron chi connectivity index (χ0n) is 9.10. The minimum atomic E-state index is 0.554. The van der Waals surface area contributed by atoms with Crippen molar-refractivity contribution in [2.24, 2.45) is 0 Å². The maximum atomic E-state index is 5.05. The van der Waals surface area contributed by atoms with Crippen LogP contribution in [0.2, 0.25) is 0 Å². The Labute approximate surface area is 89.5 Å². The van der Waals surface area contributed by atoms with Crippen molar-refractivity contribution in [2.75, 3.05) is 32.1 Å². The predicted molar refractivity (Wildman–Crippen MR) is 58.3 cm³/mol. The highest BCUT2D eigenvalue weighted by Crippen LogP contribution is 2.18. The van der Waals surface area contributed by atoms with Gasteiger partial charge in [0.2, 0.25) is 5.88 Å². The summed E-state index contributed by atoms with van der Waals surface area (Å²) in [4.78, 5) is 10.7. The van der Waals surface area contributed by atoms with E-state index in [0.717, 1.165) is 25.3 Å². The van der Waals surface area contributed by atoms with Crippen molar-refractivity contribution in [3.8, 4) is 5.88 Å². The minimum absolute atomic E-state index is 0.554. The predicted octanol–water partition coefficient (Wildman–Crippen LogP) is 0.283. The van der Waals surface area contributed by atoms with Gasteiger partial charge in [-0.15, -0.1) is 0 Å². The van der Waals surface area contributed by atoms with Gasteiger partial charge in [-0.05, 0) is 13.5 Å². The van der Waals surface area contributed by atoms with Gasteiger partial charge in [0, 0.05) is 19.1 Å². The van der Waals surface area contributed by atoms with E-state index in [1.54, 1.807) is 19.5 Å². The number of rotatable bonds is 3. The van der Waals surface area contributed by atoms with Gasteiger partial charge in [-0.2, -0.15) is 4.98 Å². The van der Waals surface area contributed by atoms with Crippen LogP contribution in [0.5, 0.6) is 5.88 Å². The third-order valence-corrected chi connectivity index (χ3v) is 2.73. The van der Waals surface area contributed by atoms with E-state index in [1.165, 1.54) is 0 Å². The van der Waals surface area contributed by atoms with E-state index < -0.39 is 0 Å². The summed E-state index contributed by atoms with van der Waals surface area (Å²) >= 11 is 0. The summed E-state index contributed by atoms with van der Waals surface area (Å²) < 4.78 is 5.05. The molecule has 5 heteroatoms. The van der Waals surface area contributed by atoms with E-state index in [4.69, 9.17) is 4.74 Å². The second-order valence-corrected chi connectivity index (χ2v) is 3.64. The molecule has 82 valence electrons. The van der Waals surface area contributed by atoms with E-state index in [0.29, 0.717) is 11.9 Å². The molecule has 0 radical (unpaired) electrons. The molecule has 1 saturated heterocycles. The summed E-state index contributed by atoms with van der Waals surface area (Å²) in [6.07, 6.45) is 4.55. The number of ether oxygens (including phenoxy) is 1. The van der Waals surface area contributed by atoms with Crippen LogP contribution in [0, 0.1) is 0 Å². The SMILES string of the molecule is CNC1CCN(c2cncc(OC)n2)C1. The largest absolute Gasteiger partial charge is 0.480 e. The van der Waals surface area contributed by atoms with Gasteiger partial charge in [-0.3, -0.25) is 4.98 Å². The zero-order chi connectivity index (χ0) is 10.7. The van der Waals surface area contributed by atoms with E-state index in [2.05, 4.69) is 20.2 Å². The summed E-state index contributed by atoms with van der Waals surface area (Å²) in [5.74, 6) is 1.47. The summed E-state index contributed by atoms with van der Waals surface area (Å²) in [5, 5.41) is 3.27. The van der Waals surface area contributed by atoms with E-state index in [1.807, 2.05) is 7.05 Å². The first-order valence-corrected chi connectivity index (χ1v) is 5.11. The number of hydrogen-bond acceptors (Lipinski definition) is 5. The van der Waals surface area contributed by atoms with Crippen LogP contribution in [0.1, 0.15) is 6.42 Å². The molecule has 5 nitrogen and oxygen atoms in total. The van der Waals surface area contributed by atoms with Crippen LogP contribution in [-0.2, 0) is 0 Å². The molecule has 0 saturated carbocycles. The Morgan fingerprint density at radius 2 is 2.40 bits per heavy atom. The molecule has 1 aliphatic heterocycles. The normalized spacial score (nSPS) is 20.7. The Morgan fingerprint density at radius 1 is 1.53 bits per heavy atom. The maximum absolute atomic E-state index is 5.05. The first-order valence-electron chi connectivity index (χ1n) is 5.11. The molecule has 2 heterocycles. The smallest absolute Gasteiger partial charge is 0.233 e. The lowest BCUT2D eigenvalue weighted by atomic mass is 10.3. The molecular formula is C10H16N4O. The highest BCUT2D eigenvalue weighted by molar-refractivity contribution is 5.39. The Hall–Kier alpha value is -1.36. The molecule has 0 bridgehead atoms. The third-order valence-electron chi connectivity index (χ3n) is 2.73. The molecule has 1 atom stereocenters. The van der Waals surface area contributed by atoms with Crippen molar-refractivity contribution >= 4 is 5.82 Å². The Kier molecular flexibility index (Phi) is 3.01. The van der Waals surface area contributed by atoms with Crippen LogP contribution < -0.4 is 15.0 Å². The van der Waals surface area contributed by atoms with Gasteiger partial charge in [0.25, 0.3) is 0 Å². The lowest BCUT2D eigenvalue weighted by Crippen LogP contribution is -2.29. The Bertz CT molecular complexity index is 331. The second-order valence-electron chi connectivity index (χ2n) is 3.64. The lowest BCUT2D eigenvalue weighted by molar-refractivity contribution is 0.395. The molecule has 0 aromatic carbocycles. The van der Waals surface area contributed by atoms with Gasteiger partial charge in [0.1, 0.15) is 0 Å². The monoisotopic (exact) mass is 208 g/mol. The molecule has 1 aromatic heterocycles. The van der Waals surface area contributed by atoms with Gasteiger partial charge in [0.15, 0.2) is 5.82 Å². The van der Waals surface area contributed by atoms with Gasteiger partial charge >= 0.3 is 0 Å². The zero-order valence-corrected chi connectivity index (χ0v) is 9.10. The van der Waals surface area contributed by atoms with E-state index >= 15 is 0 Å². The minimum Gasteiger partial charge on any atom is -0.480 e. The maximum Gasteiger partial charge on any atom is 0.233 e. The molecule has 1 unspecified atom stereocenters. The topological polar surface area (TPSA) is 50.3 Å². The number of methoxy groups -OCH3 is 1. The average Bonchev–Trinajstić information content (AvgIpc) is 2.78. The highest BCUT2D eigenvalue weighted by Gasteiger charge is 2.22. The molecule has 1 fully saturated rings. The fraction of sp³-hybridized carbons (Fsp3) is 0.600. The lowest BCUT2D eigenvalue weighted by Gasteiger charge is -2.17. The molecule has 1 aromatic rings. The first-order chi connectivity index (χ1) is 7.33. The molecule has 0 amide bonds. The van der Waals surface area contributed by atoms with Crippen molar-refractivity contribution in [1.29, 1.82) is 0 Å². The summed E-state index contributed by atoms with van der Waals surface area (Å²) in [6.45, 7) is 2.01. The molecule has 0 spiro atoms. The Morgan fingerprint density at radius 3 is 3.07 bits per heavy atom. The fourth-order valence-electron chi connectivity index (χ4n) is 1.79. The van der Waals surface area contributed by atoms with Crippen LogP contribution in [0.4, 0.5) is 5.82 Å². The van der Waals surface area contributed by atoms with Crippen LogP contribution in [0.15, 0.2) is 12.4 Å². The summed E-state index contributed by atoms with van der Waals surface area (Å²) in [5.41, 5.74) is 0. The number of aromatic nitrogens is 2. The van der Waals surface area contributed by atoms with Crippen molar-refractivity contribution in [3.63, 3.8) is 0 Å². The van der Waals surface area contributed by atoms with Crippen molar-refractivity contribution in [1.82, 2.24) is 15.3 Å². The third kappa shape index (κ3) is 2.18. The molecule has 1 N–H and O–H groups in total. The van der Waals surface area contributed by atoms with Crippen LogP contribution in [0.3, 0.4) is 0 Å².